The number of aryl methyl sites for hydroxylation is 1. The molecule has 0 spiro atoms. The molecule has 0 fully saturated rings. The van der Waals surface area contributed by atoms with Crippen LogP contribution >= 0.6 is 23.2 Å². The van der Waals surface area contributed by atoms with Gasteiger partial charge in [-0.25, -0.2) is 4.79 Å². The van der Waals surface area contributed by atoms with Crippen LogP contribution in [0.25, 0.3) is 0 Å². The van der Waals surface area contributed by atoms with Crippen LogP contribution in [0.5, 0.6) is 5.75 Å². The lowest BCUT2D eigenvalue weighted by Crippen LogP contribution is -2.28. The second kappa shape index (κ2) is 7.38. The van der Waals surface area contributed by atoms with Gasteiger partial charge >= 0.3 is 6.03 Å². The first-order valence-corrected chi connectivity index (χ1v) is 7.38. The van der Waals surface area contributed by atoms with Crippen molar-refractivity contribution in [2.45, 2.75) is 13.5 Å². The minimum atomic E-state index is -0.324. The second-order valence-electron chi connectivity index (χ2n) is 4.74. The van der Waals surface area contributed by atoms with Gasteiger partial charge in [0, 0.05) is 22.7 Å². The highest BCUT2D eigenvalue weighted by Crippen LogP contribution is 2.30. The first-order valence-electron chi connectivity index (χ1n) is 6.63. The number of hydrogen-bond acceptors (Lipinski definition) is 2. The highest BCUT2D eigenvalue weighted by atomic mass is 35.5. The van der Waals surface area contributed by atoms with Crippen molar-refractivity contribution in [2.24, 2.45) is 0 Å². The van der Waals surface area contributed by atoms with Crippen molar-refractivity contribution in [3.05, 3.63) is 57.6 Å². The lowest BCUT2D eigenvalue weighted by atomic mass is 10.2. The number of urea groups is 1. The summed E-state index contributed by atoms with van der Waals surface area (Å²) >= 11 is 11.9. The topological polar surface area (TPSA) is 50.4 Å². The van der Waals surface area contributed by atoms with Crippen LogP contribution in [0.3, 0.4) is 0 Å². The number of carbonyl (C=O) groups excluding carboxylic acids is 1. The fraction of sp³-hybridized carbons (Fsp3) is 0.188. The highest BCUT2D eigenvalue weighted by Gasteiger charge is 2.10. The summed E-state index contributed by atoms with van der Waals surface area (Å²) in [6.45, 7) is 2.26. The minimum absolute atomic E-state index is 0.324. The summed E-state index contributed by atoms with van der Waals surface area (Å²) in [6, 6.07) is 10.4. The van der Waals surface area contributed by atoms with Gasteiger partial charge in [0.15, 0.2) is 0 Å². The fourth-order valence-corrected chi connectivity index (χ4v) is 2.16. The van der Waals surface area contributed by atoms with Gasteiger partial charge in [-0.15, -0.1) is 0 Å². The van der Waals surface area contributed by atoms with E-state index in [1.165, 1.54) is 7.11 Å². The van der Waals surface area contributed by atoms with Gasteiger partial charge in [0.1, 0.15) is 5.75 Å². The number of anilines is 1. The molecular weight excluding hydrogens is 323 g/mol. The Morgan fingerprint density at radius 1 is 1.18 bits per heavy atom. The van der Waals surface area contributed by atoms with E-state index in [0.29, 0.717) is 28.0 Å². The Labute approximate surface area is 139 Å². The molecule has 0 heterocycles. The van der Waals surface area contributed by atoms with Crippen LogP contribution in [0.4, 0.5) is 10.5 Å². The average molecular weight is 339 g/mol. The molecule has 22 heavy (non-hydrogen) atoms. The van der Waals surface area contributed by atoms with Gasteiger partial charge in [-0.2, -0.15) is 0 Å². The van der Waals surface area contributed by atoms with E-state index in [2.05, 4.69) is 10.6 Å². The standard InChI is InChI=1S/C16H16Cl2N2O2/c1-10-7-14(15(22-2)8-13(10)18)20-16(21)19-9-11-3-5-12(17)6-4-11/h3-8H,9H2,1-2H3,(H2,19,20,21). The zero-order chi connectivity index (χ0) is 16.1. The van der Waals surface area contributed by atoms with Crippen LogP contribution in [0.15, 0.2) is 36.4 Å². The summed E-state index contributed by atoms with van der Waals surface area (Å²) in [7, 11) is 1.53. The fourth-order valence-electron chi connectivity index (χ4n) is 1.88. The molecule has 2 rings (SSSR count). The Morgan fingerprint density at radius 3 is 2.50 bits per heavy atom. The van der Waals surface area contributed by atoms with E-state index in [-0.39, 0.29) is 6.03 Å². The molecule has 2 amide bonds. The highest BCUT2D eigenvalue weighted by molar-refractivity contribution is 6.31. The predicted octanol–water partition coefficient (Wildman–Crippen LogP) is 4.63. The number of rotatable bonds is 4. The van der Waals surface area contributed by atoms with Crippen LogP contribution in [-0.4, -0.2) is 13.1 Å². The summed E-state index contributed by atoms with van der Waals surface area (Å²) in [5, 5.41) is 6.77. The van der Waals surface area contributed by atoms with Crippen molar-refractivity contribution in [3.63, 3.8) is 0 Å². The Hall–Kier alpha value is -1.91. The van der Waals surface area contributed by atoms with Crippen LogP contribution in [0.1, 0.15) is 11.1 Å². The van der Waals surface area contributed by atoms with Crippen molar-refractivity contribution >= 4 is 34.9 Å². The summed E-state index contributed by atoms with van der Waals surface area (Å²) in [4.78, 5) is 12.0. The van der Waals surface area contributed by atoms with Crippen molar-refractivity contribution in [1.29, 1.82) is 0 Å². The van der Waals surface area contributed by atoms with E-state index >= 15 is 0 Å². The van der Waals surface area contributed by atoms with Gasteiger partial charge in [0.05, 0.1) is 12.8 Å². The summed E-state index contributed by atoms with van der Waals surface area (Å²) in [5.41, 5.74) is 2.38. The number of ether oxygens (including phenoxy) is 1. The van der Waals surface area contributed by atoms with Crippen molar-refractivity contribution < 1.29 is 9.53 Å². The lowest BCUT2D eigenvalue weighted by molar-refractivity contribution is 0.251. The molecule has 0 aliphatic carbocycles. The molecule has 0 aliphatic rings. The third-order valence-electron chi connectivity index (χ3n) is 3.10. The minimum Gasteiger partial charge on any atom is -0.495 e. The van der Waals surface area contributed by atoms with Gasteiger partial charge < -0.3 is 15.4 Å². The van der Waals surface area contributed by atoms with Gasteiger partial charge in [0.25, 0.3) is 0 Å². The normalized spacial score (nSPS) is 10.2. The number of methoxy groups -OCH3 is 1. The molecule has 2 aromatic rings. The number of nitrogens with one attached hydrogen (secondary N) is 2. The molecule has 0 atom stereocenters. The summed E-state index contributed by atoms with van der Waals surface area (Å²) < 4.78 is 5.22. The van der Waals surface area contributed by atoms with E-state index in [1.54, 1.807) is 24.3 Å². The zero-order valence-electron chi connectivity index (χ0n) is 12.2. The Kier molecular flexibility index (Phi) is 5.52. The van der Waals surface area contributed by atoms with Gasteiger partial charge in [0.2, 0.25) is 0 Å². The molecule has 0 radical (unpaired) electrons. The largest absolute Gasteiger partial charge is 0.495 e. The first-order chi connectivity index (χ1) is 10.5. The molecule has 2 N–H and O–H groups in total. The van der Waals surface area contributed by atoms with Crippen molar-refractivity contribution in [3.8, 4) is 5.75 Å². The van der Waals surface area contributed by atoms with Gasteiger partial charge in [-0.1, -0.05) is 35.3 Å². The quantitative estimate of drug-likeness (QED) is 0.853. The van der Waals surface area contributed by atoms with Crippen molar-refractivity contribution in [1.82, 2.24) is 5.32 Å². The first kappa shape index (κ1) is 16.5. The molecule has 0 bridgehead atoms. The molecular formula is C16H16Cl2N2O2. The van der Waals surface area contributed by atoms with E-state index in [0.717, 1.165) is 11.1 Å². The molecule has 4 nitrogen and oxygen atoms in total. The zero-order valence-corrected chi connectivity index (χ0v) is 13.8. The Balaban J connectivity index is 2.00. The second-order valence-corrected chi connectivity index (χ2v) is 5.58. The molecule has 0 saturated heterocycles. The number of carbonyl (C=O) groups is 1. The number of amides is 2. The van der Waals surface area contributed by atoms with Gasteiger partial charge in [-0.05, 0) is 36.2 Å². The number of halogens is 2. The third kappa shape index (κ3) is 4.29. The molecule has 116 valence electrons. The maximum atomic E-state index is 12.0. The Morgan fingerprint density at radius 2 is 1.86 bits per heavy atom. The maximum Gasteiger partial charge on any atom is 0.319 e. The van der Waals surface area contributed by atoms with E-state index < -0.39 is 0 Å². The third-order valence-corrected chi connectivity index (χ3v) is 3.75. The molecule has 0 aromatic heterocycles. The van der Waals surface area contributed by atoms with Crippen LogP contribution in [-0.2, 0) is 6.54 Å². The summed E-state index contributed by atoms with van der Waals surface area (Å²) in [5.74, 6) is 0.511. The van der Waals surface area contributed by atoms with Gasteiger partial charge in [-0.3, -0.25) is 0 Å². The summed E-state index contributed by atoms with van der Waals surface area (Å²) in [6.07, 6.45) is 0. The molecule has 6 heteroatoms. The van der Waals surface area contributed by atoms with Crippen molar-refractivity contribution in [2.75, 3.05) is 12.4 Å². The number of benzene rings is 2. The molecule has 0 aliphatic heterocycles. The SMILES string of the molecule is COc1cc(Cl)c(C)cc1NC(=O)NCc1ccc(Cl)cc1. The monoisotopic (exact) mass is 338 g/mol. The van der Waals surface area contributed by atoms with Crippen LogP contribution in [0, 0.1) is 6.92 Å². The van der Waals surface area contributed by atoms with Crippen LogP contribution in [0.2, 0.25) is 10.0 Å². The van der Waals surface area contributed by atoms with Crippen LogP contribution < -0.4 is 15.4 Å². The van der Waals surface area contributed by atoms with E-state index in [1.807, 2.05) is 19.1 Å². The van der Waals surface area contributed by atoms with E-state index in [9.17, 15) is 4.79 Å². The van der Waals surface area contributed by atoms with E-state index in [4.69, 9.17) is 27.9 Å². The number of hydrogen-bond donors (Lipinski definition) is 2. The predicted molar refractivity (Wildman–Crippen MR) is 90.1 cm³/mol. The lowest BCUT2D eigenvalue weighted by Gasteiger charge is -2.13. The smallest absolute Gasteiger partial charge is 0.319 e. The molecule has 0 unspecified atom stereocenters. The molecule has 0 saturated carbocycles. The average Bonchev–Trinajstić information content (AvgIpc) is 2.50. The Bertz CT molecular complexity index is 673. The molecule has 2 aromatic carbocycles. The maximum absolute atomic E-state index is 12.0.